The Labute approximate surface area is 231 Å². The van der Waals surface area contributed by atoms with Gasteiger partial charge in [0.2, 0.25) is 0 Å². The molecule has 0 saturated heterocycles. The highest BCUT2D eigenvalue weighted by atomic mass is 79.9. The molecule has 0 spiro atoms. The number of ether oxygens (including phenoxy) is 1. The van der Waals surface area contributed by atoms with Gasteiger partial charge in [-0.2, -0.15) is 5.10 Å². The lowest BCUT2D eigenvalue weighted by atomic mass is 9.97. The third kappa shape index (κ3) is 5.81. The van der Waals surface area contributed by atoms with Gasteiger partial charge >= 0.3 is 0 Å². The Kier molecular flexibility index (Phi) is 8.07. The average molecular weight is 598 g/mol. The molecular weight excluding hydrogens is 572 g/mol. The fraction of sp³-hybridized carbons (Fsp3) is 0.259. The van der Waals surface area contributed by atoms with Crippen LogP contribution < -0.4 is 15.7 Å². The van der Waals surface area contributed by atoms with Crippen LogP contribution in [-0.2, 0) is 17.6 Å². The predicted molar refractivity (Wildman–Crippen MR) is 154 cm³/mol. The van der Waals surface area contributed by atoms with E-state index in [1.165, 1.54) is 16.6 Å². The summed E-state index contributed by atoms with van der Waals surface area (Å²) in [5.41, 5.74) is 5.18. The summed E-state index contributed by atoms with van der Waals surface area (Å²) in [4.78, 5) is 33.2. The van der Waals surface area contributed by atoms with Crippen LogP contribution in [0.2, 0.25) is 0 Å². The SMILES string of the molecule is CCOc1ccc(C=NNC(=O)CSc2nc3sc4c(c3c(=O)n2-c2ccc(Br)cc2)CCCC4)cc1. The molecule has 1 aliphatic carbocycles. The minimum Gasteiger partial charge on any atom is -0.494 e. The third-order valence-corrected chi connectivity index (χ3v) is 8.62. The third-order valence-electron chi connectivity index (χ3n) is 5.97. The van der Waals surface area contributed by atoms with Crippen molar-refractivity contribution in [1.82, 2.24) is 15.0 Å². The van der Waals surface area contributed by atoms with Crippen LogP contribution in [0.5, 0.6) is 5.75 Å². The number of nitrogens with zero attached hydrogens (tertiary/aromatic N) is 3. The van der Waals surface area contributed by atoms with Gasteiger partial charge in [-0.25, -0.2) is 10.4 Å². The molecule has 37 heavy (non-hydrogen) atoms. The van der Waals surface area contributed by atoms with Crippen LogP contribution in [0.25, 0.3) is 15.9 Å². The lowest BCUT2D eigenvalue weighted by Gasteiger charge is -2.13. The van der Waals surface area contributed by atoms with Gasteiger partial charge in [-0.3, -0.25) is 14.2 Å². The number of aromatic nitrogens is 2. The minimum atomic E-state index is -0.283. The Hall–Kier alpha value is -2.95. The zero-order valence-electron chi connectivity index (χ0n) is 20.2. The first kappa shape index (κ1) is 25.7. The number of hydrazone groups is 1. The number of thiophene rings is 1. The quantitative estimate of drug-likeness (QED) is 0.121. The van der Waals surface area contributed by atoms with Gasteiger partial charge in [-0.1, -0.05) is 27.7 Å². The highest BCUT2D eigenvalue weighted by molar-refractivity contribution is 9.10. The molecule has 10 heteroatoms. The van der Waals surface area contributed by atoms with E-state index in [1.807, 2.05) is 55.5 Å². The number of hydrogen-bond acceptors (Lipinski definition) is 7. The smallest absolute Gasteiger partial charge is 0.267 e. The number of thioether (sulfide) groups is 1. The van der Waals surface area contributed by atoms with Gasteiger partial charge in [0.15, 0.2) is 5.16 Å². The van der Waals surface area contributed by atoms with Crippen LogP contribution >= 0.6 is 39.0 Å². The van der Waals surface area contributed by atoms with Crippen LogP contribution in [-0.4, -0.2) is 34.0 Å². The summed E-state index contributed by atoms with van der Waals surface area (Å²) in [6.45, 7) is 2.54. The summed E-state index contributed by atoms with van der Waals surface area (Å²) < 4.78 is 7.98. The molecule has 0 aliphatic heterocycles. The van der Waals surface area contributed by atoms with E-state index in [2.05, 4.69) is 26.5 Å². The molecule has 7 nitrogen and oxygen atoms in total. The Balaban J connectivity index is 1.37. The van der Waals surface area contributed by atoms with E-state index in [0.29, 0.717) is 11.8 Å². The number of nitrogens with one attached hydrogen (secondary N) is 1. The van der Waals surface area contributed by atoms with Crippen molar-refractivity contribution in [2.75, 3.05) is 12.4 Å². The van der Waals surface area contributed by atoms with Crippen molar-refractivity contribution in [2.24, 2.45) is 5.10 Å². The topological polar surface area (TPSA) is 85.6 Å². The zero-order chi connectivity index (χ0) is 25.8. The molecule has 0 atom stereocenters. The zero-order valence-corrected chi connectivity index (χ0v) is 23.4. The molecule has 0 saturated carbocycles. The van der Waals surface area contributed by atoms with Gasteiger partial charge < -0.3 is 4.74 Å². The summed E-state index contributed by atoms with van der Waals surface area (Å²) in [7, 11) is 0. The molecule has 0 fully saturated rings. The lowest BCUT2D eigenvalue weighted by molar-refractivity contribution is -0.118. The van der Waals surface area contributed by atoms with E-state index >= 15 is 0 Å². The summed E-state index contributed by atoms with van der Waals surface area (Å²) >= 11 is 6.29. The number of hydrogen-bond donors (Lipinski definition) is 1. The summed E-state index contributed by atoms with van der Waals surface area (Å²) in [5, 5.41) is 5.27. The molecule has 4 aromatic rings. The number of halogens is 1. The van der Waals surface area contributed by atoms with Crippen molar-refractivity contribution in [3.8, 4) is 11.4 Å². The normalized spacial score (nSPS) is 13.1. The number of benzene rings is 2. The standard InChI is InChI=1S/C27H25BrN4O3S2/c1-2-35-20-13-7-17(8-14-20)15-29-31-23(33)16-36-27-30-25-24(21-5-3-4-6-22(21)37-25)26(34)32(27)19-11-9-18(28)10-12-19/h7-15H,2-6,16H2,1H3,(H,31,33). The van der Waals surface area contributed by atoms with Gasteiger partial charge in [0.25, 0.3) is 11.5 Å². The molecule has 1 N–H and O–H groups in total. The number of rotatable bonds is 8. The number of carbonyl (C=O) groups is 1. The number of amides is 1. The predicted octanol–water partition coefficient (Wildman–Crippen LogP) is 5.73. The molecule has 5 rings (SSSR count). The highest BCUT2D eigenvalue weighted by Gasteiger charge is 2.23. The first-order valence-corrected chi connectivity index (χ1v) is 14.6. The minimum absolute atomic E-state index is 0.0696. The van der Waals surface area contributed by atoms with Crippen molar-refractivity contribution < 1.29 is 9.53 Å². The maximum absolute atomic E-state index is 13.8. The van der Waals surface area contributed by atoms with Crippen LogP contribution in [0.1, 0.15) is 35.8 Å². The second-order valence-electron chi connectivity index (χ2n) is 8.49. The maximum Gasteiger partial charge on any atom is 0.267 e. The van der Waals surface area contributed by atoms with Gasteiger partial charge in [0.05, 0.1) is 29.6 Å². The fourth-order valence-electron chi connectivity index (χ4n) is 4.26. The van der Waals surface area contributed by atoms with Crippen LogP contribution in [0.4, 0.5) is 0 Å². The number of aryl methyl sites for hydroxylation is 2. The Morgan fingerprint density at radius 3 is 2.70 bits per heavy atom. The Morgan fingerprint density at radius 2 is 1.95 bits per heavy atom. The van der Waals surface area contributed by atoms with Crippen molar-refractivity contribution >= 4 is 61.4 Å². The van der Waals surface area contributed by atoms with Gasteiger partial charge in [0.1, 0.15) is 10.6 Å². The number of fused-ring (bicyclic) bond motifs is 3. The first-order chi connectivity index (χ1) is 18.0. The van der Waals surface area contributed by atoms with Crippen molar-refractivity contribution in [3.05, 3.63) is 79.4 Å². The Bertz CT molecular complexity index is 1510. The van der Waals surface area contributed by atoms with E-state index in [0.717, 1.165) is 62.9 Å². The largest absolute Gasteiger partial charge is 0.494 e. The summed E-state index contributed by atoms with van der Waals surface area (Å²) in [6.07, 6.45) is 5.71. The van der Waals surface area contributed by atoms with E-state index in [4.69, 9.17) is 9.72 Å². The molecule has 2 aromatic heterocycles. The average Bonchev–Trinajstić information content (AvgIpc) is 3.28. The summed E-state index contributed by atoms with van der Waals surface area (Å²) in [5.74, 6) is 0.572. The van der Waals surface area contributed by atoms with E-state index in [9.17, 15) is 9.59 Å². The van der Waals surface area contributed by atoms with Crippen LogP contribution in [0, 0.1) is 0 Å². The second kappa shape index (κ2) is 11.6. The monoisotopic (exact) mass is 596 g/mol. The van der Waals surface area contributed by atoms with Crippen LogP contribution in [0.3, 0.4) is 0 Å². The molecule has 2 heterocycles. The highest BCUT2D eigenvalue weighted by Crippen LogP contribution is 2.35. The molecule has 0 unspecified atom stereocenters. The van der Waals surface area contributed by atoms with Crippen LogP contribution in [0.15, 0.2) is 68.1 Å². The fourth-order valence-corrected chi connectivity index (χ4v) is 6.63. The lowest BCUT2D eigenvalue weighted by Crippen LogP contribution is -2.24. The van der Waals surface area contributed by atoms with Gasteiger partial charge in [-0.15, -0.1) is 11.3 Å². The summed E-state index contributed by atoms with van der Waals surface area (Å²) in [6, 6.07) is 15.0. The Morgan fingerprint density at radius 1 is 1.19 bits per heavy atom. The van der Waals surface area contributed by atoms with Crippen molar-refractivity contribution in [1.29, 1.82) is 0 Å². The molecule has 1 aliphatic rings. The van der Waals surface area contributed by atoms with E-state index < -0.39 is 0 Å². The molecular formula is C27H25BrN4O3S2. The van der Waals surface area contributed by atoms with Crippen molar-refractivity contribution in [3.63, 3.8) is 0 Å². The van der Waals surface area contributed by atoms with E-state index in [1.54, 1.807) is 22.1 Å². The second-order valence-corrected chi connectivity index (χ2v) is 11.4. The van der Waals surface area contributed by atoms with Crippen molar-refractivity contribution in [2.45, 2.75) is 37.8 Å². The van der Waals surface area contributed by atoms with Gasteiger partial charge in [-0.05, 0) is 92.3 Å². The van der Waals surface area contributed by atoms with Gasteiger partial charge in [0, 0.05) is 9.35 Å². The molecule has 190 valence electrons. The molecule has 2 aromatic carbocycles. The maximum atomic E-state index is 13.8. The first-order valence-electron chi connectivity index (χ1n) is 12.0. The number of carbonyl (C=O) groups excluding carboxylic acids is 1. The molecule has 0 radical (unpaired) electrons. The molecule has 0 bridgehead atoms. The molecule has 1 amide bonds. The van der Waals surface area contributed by atoms with E-state index in [-0.39, 0.29) is 17.2 Å².